The highest BCUT2D eigenvalue weighted by molar-refractivity contribution is 6.31. The van der Waals surface area contributed by atoms with Gasteiger partial charge >= 0.3 is 5.97 Å². The molecule has 2 aromatic carbocycles. The Labute approximate surface area is 140 Å². The van der Waals surface area contributed by atoms with Crippen molar-refractivity contribution in [3.63, 3.8) is 0 Å². The number of rotatable bonds is 5. The molecule has 0 saturated heterocycles. The number of esters is 1. The van der Waals surface area contributed by atoms with Gasteiger partial charge in [-0.25, -0.2) is 9.18 Å². The Morgan fingerprint density at radius 2 is 1.88 bits per heavy atom. The van der Waals surface area contributed by atoms with Gasteiger partial charge in [0.15, 0.2) is 6.61 Å². The number of benzene rings is 2. The van der Waals surface area contributed by atoms with Crippen LogP contribution in [0.5, 0.6) is 0 Å². The zero-order valence-corrected chi connectivity index (χ0v) is 12.7. The Hall–Kier alpha value is -3.00. The molecule has 0 heterocycles. The first kappa shape index (κ1) is 17.4. The van der Waals surface area contributed by atoms with E-state index in [1.165, 1.54) is 24.3 Å². The van der Waals surface area contributed by atoms with Crippen molar-refractivity contribution in [1.82, 2.24) is 0 Å². The molecule has 7 nitrogen and oxygen atoms in total. The Bertz CT molecular complexity index is 795. The maximum absolute atomic E-state index is 13.0. The molecular formula is C15H10ClFN2O5. The van der Waals surface area contributed by atoms with Crippen LogP contribution in [0.3, 0.4) is 0 Å². The molecule has 9 heteroatoms. The summed E-state index contributed by atoms with van der Waals surface area (Å²) in [5, 5.41) is 12.7. The molecule has 2 rings (SSSR count). The van der Waals surface area contributed by atoms with Gasteiger partial charge in [0, 0.05) is 17.8 Å². The molecule has 1 amide bonds. The van der Waals surface area contributed by atoms with Crippen LogP contribution in [0.15, 0.2) is 42.5 Å². The molecule has 0 saturated carbocycles. The van der Waals surface area contributed by atoms with E-state index in [0.717, 1.165) is 18.2 Å². The van der Waals surface area contributed by atoms with E-state index in [9.17, 15) is 24.1 Å². The standard InChI is InChI=1S/C15H10ClFN2O5/c16-12-7-10(3-6-13(12)17)18-14(20)8-24-15(21)9-1-4-11(5-2-9)19(22)23/h1-7H,8H2,(H,18,20). The first-order chi connectivity index (χ1) is 11.4. The average Bonchev–Trinajstić information content (AvgIpc) is 2.56. The maximum Gasteiger partial charge on any atom is 0.338 e. The predicted octanol–water partition coefficient (Wildman–Crippen LogP) is 3.18. The number of nitrogens with zero attached hydrogens (tertiary/aromatic N) is 1. The van der Waals surface area contributed by atoms with E-state index in [-0.39, 0.29) is 22.0 Å². The van der Waals surface area contributed by atoms with Gasteiger partial charge in [0.25, 0.3) is 11.6 Å². The molecule has 0 radical (unpaired) electrons. The molecule has 0 bridgehead atoms. The van der Waals surface area contributed by atoms with E-state index in [1.807, 2.05) is 0 Å². The van der Waals surface area contributed by atoms with Crippen molar-refractivity contribution in [2.75, 3.05) is 11.9 Å². The molecule has 0 spiro atoms. The number of carbonyl (C=O) groups is 2. The van der Waals surface area contributed by atoms with Crippen molar-refractivity contribution in [2.24, 2.45) is 0 Å². The van der Waals surface area contributed by atoms with E-state index in [4.69, 9.17) is 16.3 Å². The van der Waals surface area contributed by atoms with Crippen LogP contribution in [0.25, 0.3) is 0 Å². The zero-order valence-electron chi connectivity index (χ0n) is 12.0. The molecule has 0 aliphatic heterocycles. The average molecular weight is 353 g/mol. The van der Waals surface area contributed by atoms with E-state index < -0.39 is 29.2 Å². The molecule has 0 unspecified atom stereocenters. The van der Waals surface area contributed by atoms with Crippen molar-refractivity contribution >= 4 is 34.9 Å². The third-order valence-electron chi connectivity index (χ3n) is 2.85. The minimum Gasteiger partial charge on any atom is -0.452 e. The van der Waals surface area contributed by atoms with Crippen LogP contribution in [0.2, 0.25) is 5.02 Å². The quantitative estimate of drug-likeness (QED) is 0.506. The van der Waals surface area contributed by atoms with E-state index in [2.05, 4.69) is 5.32 Å². The highest BCUT2D eigenvalue weighted by Crippen LogP contribution is 2.19. The molecular weight excluding hydrogens is 343 g/mol. The first-order valence-corrected chi connectivity index (χ1v) is 6.91. The lowest BCUT2D eigenvalue weighted by molar-refractivity contribution is -0.384. The van der Waals surface area contributed by atoms with Crippen LogP contribution in [0, 0.1) is 15.9 Å². The van der Waals surface area contributed by atoms with Crippen LogP contribution in [-0.2, 0) is 9.53 Å². The highest BCUT2D eigenvalue weighted by atomic mass is 35.5. The Morgan fingerprint density at radius 1 is 1.21 bits per heavy atom. The van der Waals surface area contributed by atoms with Gasteiger partial charge in [0.1, 0.15) is 5.82 Å². The Morgan fingerprint density at radius 3 is 2.46 bits per heavy atom. The molecule has 2 aromatic rings. The summed E-state index contributed by atoms with van der Waals surface area (Å²) in [6.07, 6.45) is 0. The van der Waals surface area contributed by atoms with Crippen LogP contribution >= 0.6 is 11.6 Å². The van der Waals surface area contributed by atoms with E-state index in [1.54, 1.807) is 0 Å². The van der Waals surface area contributed by atoms with Crippen molar-refractivity contribution in [3.05, 3.63) is 69.0 Å². The number of nitro groups is 1. The lowest BCUT2D eigenvalue weighted by Gasteiger charge is -2.07. The molecule has 0 atom stereocenters. The number of halogens is 2. The number of carbonyl (C=O) groups excluding carboxylic acids is 2. The number of hydrogen-bond acceptors (Lipinski definition) is 5. The van der Waals surface area contributed by atoms with Crippen molar-refractivity contribution < 1.29 is 23.6 Å². The number of ether oxygens (including phenoxy) is 1. The van der Waals surface area contributed by atoms with Gasteiger partial charge in [-0.2, -0.15) is 0 Å². The SMILES string of the molecule is O=C(COC(=O)c1ccc([N+](=O)[O-])cc1)Nc1ccc(F)c(Cl)c1. The van der Waals surface area contributed by atoms with Gasteiger partial charge in [-0.1, -0.05) is 11.6 Å². The zero-order chi connectivity index (χ0) is 17.7. The Balaban J connectivity index is 1.89. The summed E-state index contributed by atoms with van der Waals surface area (Å²) in [5.74, 6) is -2.08. The van der Waals surface area contributed by atoms with Gasteiger partial charge in [-0.15, -0.1) is 0 Å². The molecule has 0 aliphatic carbocycles. The fourth-order valence-corrected chi connectivity index (χ4v) is 1.89. The summed E-state index contributed by atoms with van der Waals surface area (Å²) in [6, 6.07) is 8.34. The van der Waals surface area contributed by atoms with Gasteiger partial charge in [0.05, 0.1) is 15.5 Å². The van der Waals surface area contributed by atoms with Crippen LogP contribution in [-0.4, -0.2) is 23.4 Å². The molecule has 1 N–H and O–H groups in total. The topological polar surface area (TPSA) is 98.5 Å². The first-order valence-electron chi connectivity index (χ1n) is 6.53. The predicted molar refractivity (Wildman–Crippen MR) is 83.4 cm³/mol. The lowest BCUT2D eigenvalue weighted by Crippen LogP contribution is -2.21. The van der Waals surface area contributed by atoms with E-state index in [0.29, 0.717) is 0 Å². The van der Waals surface area contributed by atoms with Crippen LogP contribution < -0.4 is 5.32 Å². The van der Waals surface area contributed by atoms with Crippen LogP contribution in [0.1, 0.15) is 10.4 Å². The summed E-state index contributed by atoms with van der Waals surface area (Å²) < 4.78 is 17.8. The smallest absolute Gasteiger partial charge is 0.338 e. The molecule has 24 heavy (non-hydrogen) atoms. The Kier molecular flexibility index (Phi) is 5.43. The fourth-order valence-electron chi connectivity index (χ4n) is 1.70. The summed E-state index contributed by atoms with van der Waals surface area (Å²) in [7, 11) is 0. The second kappa shape index (κ2) is 7.51. The lowest BCUT2D eigenvalue weighted by atomic mass is 10.2. The minimum absolute atomic E-state index is 0.0678. The normalized spacial score (nSPS) is 10.1. The number of amides is 1. The van der Waals surface area contributed by atoms with Crippen molar-refractivity contribution in [1.29, 1.82) is 0 Å². The summed E-state index contributed by atoms with van der Waals surface area (Å²) >= 11 is 5.58. The molecule has 0 fully saturated rings. The summed E-state index contributed by atoms with van der Waals surface area (Å²) in [5.41, 5.74) is 0.147. The second-order valence-corrected chi connectivity index (χ2v) is 4.96. The van der Waals surface area contributed by atoms with Gasteiger partial charge < -0.3 is 10.1 Å². The largest absolute Gasteiger partial charge is 0.452 e. The monoisotopic (exact) mass is 352 g/mol. The molecule has 0 aromatic heterocycles. The third kappa shape index (κ3) is 4.50. The number of nitrogens with one attached hydrogen (secondary N) is 1. The maximum atomic E-state index is 13.0. The van der Waals surface area contributed by atoms with E-state index >= 15 is 0 Å². The number of non-ortho nitro benzene ring substituents is 1. The minimum atomic E-state index is -0.808. The van der Waals surface area contributed by atoms with Crippen molar-refractivity contribution in [3.8, 4) is 0 Å². The highest BCUT2D eigenvalue weighted by Gasteiger charge is 2.13. The second-order valence-electron chi connectivity index (χ2n) is 4.56. The fraction of sp³-hybridized carbons (Fsp3) is 0.0667. The van der Waals surface area contributed by atoms with Crippen molar-refractivity contribution in [2.45, 2.75) is 0 Å². The molecule has 124 valence electrons. The van der Waals surface area contributed by atoms with Gasteiger partial charge in [0.2, 0.25) is 0 Å². The number of hydrogen-bond donors (Lipinski definition) is 1. The summed E-state index contributed by atoms with van der Waals surface area (Å²) in [6.45, 7) is -0.579. The summed E-state index contributed by atoms with van der Waals surface area (Å²) in [4.78, 5) is 33.3. The van der Waals surface area contributed by atoms with Gasteiger partial charge in [-0.3, -0.25) is 14.9 Å². The van der Waals surface area contributed by atoms with Gasteiger partial charge in [-0.05, 0) is 30.3 Å². The third-order valence-corrected chi connectivity index (χ3v) is 3.14. The molecule has 0 aliphatic rings. The number of anilines is 1. The number of nitro benzene ring substituents is 1. The van der Waals surface area contributed by atoms with Crippen LogP contribution in [0.4, 0.5) is 15.8 Å².